The number of aliphatic hydroxyl groups is 1. The van der Waals surface area contributed by atoms with Crippen LogP contribution in [0.15, 0.2) is 28.9 Å². The molecule has 4 N–H and O–H groups in total. The Morgan fingerprint density at radius 2 is 2.00 bits per heavy atom. The number of hydrogen-bond acceptors (Lipinski definition) is 8. The second-order valence-corrected chi connectivity index (χ2v) is 10.5. The van der Waals surface area contributed by atoms with Crippen molar-refractivity contribution < 1.29 is 19.5 Å². The van der Waals surface area contributed by atoms with Crippen LogP contribution in [0.3, 0.4) is 0 Å². The number of rotatable bonds is 5. The van der Waals surface area contributed by atoms with Gasteiger partial charge in [-0.05, 0) is 38.2 Å². The molecular formula is C23H25N7O4S. The molecule has 12 heteroatoms. The van der Waals surface area contributed by atoms with Gasteiger partial charge in [-0.25, -0.2) is 9.78 Å². The molecule has 1 aliphatic carbocycles. The number of carbonyl (C=O) groups excluding carboxylic acids is 3. The summed E-state index contributed by atoms with van der Waals surface area (Å²) in [6.45, 7) is 1.14. The number of carbonyl (C=O) groups is 3. The minimum Gasteiger partial charge on any atom is -0.393 e. The van der Waals surface area contributed by atoms with Crippen molar-refractivity contribution in [3.8, 4) is 0 Å². The van der Waals surface area contributed by atoms with E-state index in [-0.39, 0.29) is 23.0 Å². The number of hydrogen-bond donors (Lipinski definition) is 4. The van der Waals surface area contributed by atoms with Gasteiger partial charge in [0.2, 0.25) is 0 Å². The smallest absolute Gasteiger partial charge is 0.326 e. The van der Waals surface area contributed by atoms with Gasteiger partial charge in [-0.2, -0.15) is 9.61 Å². The van der Waals surface area contributed by atoms with E-state index >= 15 is 0 Å². The molecule has 6 rings (SSSR count). The Bertz CT molecular complexity index is 1290. The topological polar surface area (TPSA) is 141 Å². The van der Waals surface area contributed by atoms with Crippen molar-refractivity contribution in [1.82, 2.24) is 30.1 Å². The first kappa shape index (κ1) is 22.1. The van der Waals surface area contributed by atoms with Crippen LogP contribution in [-0.2, 0) is 9.59 Å². The van der Waals surface area contributed by atoms with Crippen LogP contribution < -0.4 is 16.0 Å². The van der Waals surface area contributed by atoms with E-state index in [0.29, 0.717) is 54.5 Å². The molecular weight excluding hydrogens is 470 g/mol. The molecule has 1 unspecified atom stereocenters. The van der Waals surface area contributed by atoms with Crippen LogP contribution in [0, 0.1) is 0 Å². The Balaban J connectivity index is 1.28. The lowest BCUT2D eigenvalue weighted by Gasteiger charge is -2.29. The van der Waals surface area contributed by atoms with Gasteiger partial charge in [0.05, 0.1) is 28.1 Å². The summed E-state index contributed by atoms with van der Waals surface area (Å²) in [5.41, 5.74) is 2.14. The number of anilines is 1. The molecule has 35 heavy (non-hydrogen) atoms. The zero-order chi connectivity index (χ0) is 24.1. The number of urea groups is 1. The molecule has 4 amide bonds. The minimum absolute atomic E-state index is 0.0135. The molecule has 0 bridgehead atoms. The molecule has 0 radical (unpaired) electrons. The van der Waals surface area contributed by atoms with Crippen molar-refractivity contribution in [1.29, 1.82) is 0 Å². The van der Waals surface area contributed by atoms with Crippen LogP contribution in [0.2, 0.25) is 0 Å². The number of likely N-dealkylation sites (tertiary alicyclic amines) is 1. The number of piperidine rings is 1. The maximum absolute atomic E-state index is 13.0. The van der Waals surface area contributed by atoms with E-state index in [1.165, 1.54) is 11.8 Å². The third kappa shape index (κ3) is 4.39. The molecule has 3 aliphatic heterocycles. The van der Waals surface area contributed by atoms with Gasteiger partial charge in [-0.15, -0.1) is 11.8 Å². The number of aliphatic hydroxyl groups excluding tert-OH is 1. The molecule has 182 valence electrons. The normalized spacial score (nSPS) is 24.1. The molecule has 11 nitrogen and oxygen atoms in total. The third-order valence-corrected chi connectivity index (χ3v) is 7.86. The maximum atomic E-state index is 13.0. The standard InChI is InChI=1S/C23H25N7O4S/c31-14-5-7-29(8-6-14)22(33)18-4-3-17(35-18)15-10-19(25-13-1-2-13)30-20(26-15)12(11-24-30)9-16-21(32)28-23(34)27-16/h4,9-11,13-14,17,25,31H,1-3,5-8H2,(H2,27,28,32,34)/b16-9-. The fourth-order valence-corrected chi connectivity index (χ4v) is 5.61. The quantitative estimate of drug-likeness (QED) is 0.362. The lowest BCUT2D eigenvalue weighted by atomic mass is 10.1. The summed E-state index contributed by atoms with van der Waals surface area (Å²) in [4.78, 5) is 43.9. The van der Waals surface area contributed by atoms with Gasteiger partial charge in [-0.1, -0.05) is 6.08 Å². The number of aromatic nitrogens is 3. The van der Waals surface area contributed by atoms with Gasteiger partial charge in [0.25, 0.3) is 11.8 Å². The second kappa shape index (κ2) is 8.68. The lowest BCUT2D eigenvalue weighted by molar-refractivity contribution is -0.128. The first-order chi connectivity index (χ1) is 16.9. The Kier molecular flexibility index (Phi) is 5.49. The maximum Gasteiger partial charge on any atom is 0.326 e. The highest BCUT2D eigenvalue weighted by Crippen LogP contribution is 2.44. The van der Waals surface area contributed by atoms with Crippen molar-refractivity contribution in [2.24, 2.45) is 0 Å². The fourth-order valence-electron chi connectivity index (χ4n) is 4.45. The van der Waals surface area contributed by atoms with Gasteiger partial charge in [-0.3, -0.25) is 14.9 Å². The van der Waals surface area contributed by atoms with Gasteiger partial charge in [0.1, 0.15) is 11.5 Å². The highest BCUT2D eigenvalue weighted by atomic mass is 32.2. The Hall–Kier alpha value is -3.38. The number of fused-ring (bicyclic) bond motifs is 1. The first-order valence-corrected chi connectivity index (χ1v) is 12.7. The summed E-state index contributed by atoms with van der Waals surface area (Å²) >= 11 is 1.51. The van der Waals surface area contributed by atoms with Crippen LogP contribution >= 0.6 is 11.8 Å². The number of thioether (sulfide) groups is 1. The zero-order valence-electron chi connectivity index (χ0n) is 18.9. The van der Waals surface area contributed by atoms with Crippen molar-refractivity contribution in [3.05, 3.63) is 40.2 Å². The first-order valence-electron chi connectivity index (χ1n) is 11.8. The molecule has 2 saturated heterocycles. The summed E-state index contributed by atoms with van der Waals surface area (Å²) < 4.78 is 1.71. The van der Waals surface area contributed by atoms with Crippen molar-refractivity contribution in [2.75, 3.05) is 18.4 Å². The Morgan fingerprint density at radius 1 is 1.20 bits per heavy atom. The van der Waals surface area contributed by atoms with Crippen LogP contribution in [-0.4, -0.2) is 67.7 Å². The molecule has 4 aliphatic rings. The van der Waals surface area contributed by atoms with E-state index in [1.807, 2.05) is 17.0 Å². The van der Waals surface area contributed by atoms with Gasteiger partial charge < -0.3 is 20.6 Å². The van der Waals surface area contributed by atoms with Crippen LogP contribution in [0.1, 0.15) is 48.6 Å². The Morgan fingerprint density at radius 3 is 2.71 bits per heavy atom. The molecule has 2 aromatic heterocycles. The average molecular weight is 496 g/mol. The van der Waals surface area contributed by atoms with Gasteiger partial charge in [0.15, 0.2) is 5.65 Å². The molecule has 0 aromatic carbocycles. The average Bonchev–Trinajstić information content (AvgIpc) is 3.23. The van der Waals surface area contributed by atoms with Gasteiger partial charge >= 0.3 is 6.03 Å². The minimum atomic E-state index is -0.559. The largest absolute Gasteiger partial charge is 0.393 e. The highest BCUT2D eigenvalue weighted by molar-refractivity contribution is 8.04. The number of nitrogens with one attached hydrogen (secondary N) is 3. The van der Waals surface area contributed by atoms with E-state index in [1.54, 1.807) is 16.8 Å². The fraction of sp³-hybridized carbons (Fsp3) is 0.435. The lowest BCUT2D eigenvalue weighted by Crippen LogP contribution is -2.40. The molecule has 0 spiro atoms. The number of amides is 4. The van der Waals surface area contributed by atoms with Crippen molar-refractivity contribution in [2.45, 2.75) is 49.5 Å². The predicted octanol–water partition coefficient (Wildman–Crippen LogP) is 1.53. The van der Waals surface area contributed by atoms with E-state index < -0.39 is 11.9 Å². The monoisotopic (exact) mass is 495 g/mol. The summed E-state index contributed by atoms with van der Waals surface area (Å²) in [7, 11) is 0. The summed E-state index contributed by atoms with van der Waals surface area (Å²) in [6, 6.07) is 1.81. The van der Waals surface area contributed by atoms with Crippen molar-refractivity contribution in [3.63, 3.8) is 0 Å². The summed E-state index contributed by atoms with van der Waals surface area (Å²) in [6.07, 6.45) is 8.92. The number of allylic oxidation sites excluding steroid dienone is 1. The summed E-state index contributed by atoms with van der Waals surface area (Å²) in [5.74, 6) is 0.327. The molecule has 5 heterocycles. The Labute approximate surface area is 205 Å². The van der Waals surface area contributed by atoms with E-state index in [9.17, 15) is 19.5 Å². The number of nitrogens with zero attached hydrogens (tertiary/aromatic N) is 4. The molecule has 2 aromatic rings. The van der Waals surface area contributed by atoms with E-state index in [0.717, 1.165) is 24.4 Å². The number of imide groups is 1. The SMILES string of the molecule is O=C1NC(=O)/C(=C/c2cnn3c(NC4CC4)cc(C4CC=C(C(=O)N5CCC(O)CC5)S4)nc23)N1. The van der Waals surface area contributed by atoms with Crippen molar-refractivity contribution >= 4 is 47.1 Å². The van der Waals surface area contributed by atoms with E-state index in [2.05, 4.69) is 21.0 Å². The van der Waals surface area contributed by atoms with Crippen LogP contribution in [0.4, 0.5) is 10.6 Å². The zero-order valence-corrected chi connectivity index (χ0v) is 19.7. The van der Waals surface area contributed by atoms with E-state index in [4.69, 9.17) is 4.98 Å². The molecule has 1 atom stereocenters. The predicted molar refractivity (Wildman–Crippen MR) is 129 cm³/mol. The molecule has 1 saturated carbocycles. The summed E-state index contributed by atoms with van der Waals surface area (Å²) in [5, 5.41) is 22.4. The van der Waals surface area contributed by atoms with Gasteiger partial charge in [0, 0.05) is 30.8 Å². The van der Waals surface area contributed by atoms with Crippen LogP contribution in [0.25, 0.3) is 11.7 Å². The second-order valence-electron chi connectivity index (χ2n) is 9.22. The van der Waals surface area contributed by atoms with Crippen LogP contribution in [0.5, 0.6) is 0 Å². The molecule has 3 fully saturated rings. The third-order valence-electron chi connectivity index (χ3n) is 6.55. The highest BCUT2D eigenvalue weighted by Gasteiger charge is 2.31.